The second-order valence-corrected chi connectivity index (χ2v) is 5.06. The summed E-state index contributed by atoms with van der Waals surface area (Å²) in [7, 11) is 1.64. The van der Waals surface area contributed by atoms with Crippen LogP contribution in [0.5, 0.6) is 0 Å². The Morgan fingerprint density at radius 1 is 1.78 bits per heavy atom. The van der Waals surface area contributed by atoms with E-state index in [1.807, 2.05) is 0 Å². The van der Waals surface area contributed by atoms with Crippen molar-refractivity contribution in [1.82, 2.24) is 0 Å². The van der Waals surface area contributed by atoms with Crippen LogP contribution in [0.4, 0.5) is 0 Å². The Kier molecular flexibility index (Phi) is 4.54. The summed E-state index contributed by atoms with van der Waals surface area (Å²) in [5, 5.41) is 0. The van der Waals surface area contributed by atoms with Gasteiger partial charge in [0.25, 0.3) is 0 Å². The van der Waals surface area contributed by atoms with E-state index in [9.17, 15) is 4.21 Å². The van der Waals surface area contributed by atoms with Gasteiger partial charge in [0.1, 0.15) is 0 Å². The van der Waals surface area contributed by atoms with E-state index in [0.29, 0.717) is 0 Å². The Bertz CT molecular complexity index is 153. The van der Waals surface area contributed by atoms with Gasteiger partial charge in [0, 0.05) is 9.47 Å². The number of hydrogen-bond donors (Lipinski definition) is 2. The van der Waals surface area contributed by atoms with Gasteiger partial charge in [0.2, 0.25) is 0 Å². The lowest BCUT2D eigenvalue weighted by Gasteiger charge is -2.06. The van der Waals surface area contributed by atoms with E-state index in [0.717, 1.165) is 0 Å². The molecule has 0 bridgehead atoms. The van der Waals surface area contributed by atoms with E-state index < -0.39 is 18.1 Å². The molecule has 0 aromatic carbocycles. The van der Waals surface area contributed by atoms with Crippen molar-refractivity contribution >= 4 is 39.4 Å². The quantitative estimate of drug-likeness (QED) is 0.510. The van der Waals surface area contributed by atoms with Gasteiger partial charge in [0.15, 0.2) is 0 Å². The smallest absolute Gasteiger partial charge is 0.324 e. The van der Waals surface area contributed by atoms with Gasteiger partial charge in [-0.25, -0.2) is 0 Å². The van der Waals surface area contributed by atoms with E-state index in [1.54, 1.807) is 9.47 Å². The molecule has 9 heteroatoms. The minimum Gasteiger partial charge on any atom is -0.324 e. The highest BCUT2D eigenvalue weighted by Crippen LogP contribution is 2.46. The summed E-state index contributed by atoms with van der Waals surface area (Å²) in [6.45, 7) is -3.48. The fourth-order valence-electron chi connectivity index (χ4n) is 0.0981. The molecule has 0 saturated carbocycles. The number of rotatable bonds is 3. The monoisotopic (exact) mass is 210 g/mol. The normalized spacial score (nSPS) is 20.8. The third-order valence-corrected chi connectivity index (χ3v) is 3.94. The third-order valence-electron chi connectivity index (χ3n) is 0.291. The van der Waals surface area contributed by atoms with Crippen LogP contribution in [0.3, 0.4) is 0 Å². The Hall–Kier alpha value is 1.07. The Morgan fingerprint density at radius 3 is 2.33 bits per heavy atom. The molecule has 0 aromatic heterocycles. The maximum Gasteiger partial charge on any atom is 0.342 e. The lowest BCUT2D eigenvalue weighted by molar-refractivity contribution is 0.383. The largest absolute Gasteiger partial charge is 0.342 e. The van der Waals surface area contributed by atoms with Gasteiger partial charge in [-0.05, 0) is 11.8 Å². The van der Waals surface area contributed by atoms with Crippen molar-refractivity contribution in [3.8, 4) is 0 Å². The van der Waals surface area contributed by atoms with Gasteiger partial charge >= 0.3 is 18.1 Å². The average molecular weight is 210 g/mol. The highest BCUT2D eigenvalue weighted by atomic mass is 32.5. The van der Waals surface area contributed by atoms with Crippen LogP contribution < -0.4 is 0 Å². The molecule has 5 nitrogen and oxygen atoms in total. The molecule has 0 aliphatic heterocycles. The molecule has 3 atom stereocenters. The molecule has 0 radical (unpaired) electrons. The predicted molar refractivity (Wildman–Crippen MR) is 39.2 cm³/mol. The summed E-state index contributed by atoms with van der Waals surface area (Å²) in [6, 6.07) is 0. The fourth-order valence-corrected chi connectivity index (χ4v) is 1.67. The first-order chi connectivity index (χ1) is 3.98. The van der Waals surface area contributed by atoms with Gasteiger partial charge in [-0.1, -0.05) is 0 Å². The minimum atomic E-state index is -3.48. The highest BCUT2D eigenvalue weighted by molar-refractivity contribution is 8.10. The van der Waals surface area contributed by atoms with Crippen LogP contribution in [0, 0.1) is 0 Å². The molecule has 0 amide bonds. The van der Waals surface area contributed by atoms with Gasteiger partial charge in [-0.2, -0.15) is 8.18 Å². The Labute approximate surface area is 61.8 Å². The van der Waals surface area contributed by atoms with Crippen molar-refractivity contribution in [3.05, 3.63) is 0 Å². The van der Waals surface area contributed by atoms with E-state index in [-0.39, 0.29) is 0 Å². The van der Waals surface area contributed by atoms with Crippen LogP contribution in [-0.4, -0.2) is 13.7 Å². The molecule has 0 spiro atoms. The Balaban J connectivity index is 3.88. The molecule has 0 fully saturated rings. The maximum atomic E-state index is 9.77. The van der Waals surface area contributed by atoms with Crippen molar-refractivity contribution in [2.75, 3.05) is 0 Å². The molecule has 0 saturated heterocycles. The van der Waals surface area contributed by atoms with E-state index in [2.05, 4.69) is 20.1 Å². The molecule has 0 aliphatic carbocycles. The summed E-state index contributed by atoms with van der Waals surface area (Å²) >= 11 is 1.59. The first kappa shape index (κ1) is 10.1. The molecular formula is H4O5P2S2. The number of hydrogen-bond acceptors (Lipinski definition) is 4. The molecule has 56 valence electrons. The highest BCUT2D eigenvalue weighted by Gasteiger charge is 2.15. The zero-order valence-electron chi connectivity index (χ0n) is 3.96. The van der Waals surface area contributed by atoms with Crippen LogP contribution in [0.15, 0.2) is 0 Å². The van der Waals surface area contributed by atoms with Gasteiger partial charge < -0.3 is 4.89 Å². The van der Waals surface area contributed by atoms with Gasteiger partial charge in [-0.15, -0.1) is 0 Å². The second kappa shape index (κ2) is 4.05. The summed E-state index contributed by atoms with van der Waals surface area (Å²) < 4.78 is 25.7. The topological polar surface area (TPSA) is 76.0 Å². The molecule has 3 unspecified atom stereocenters. The van der Waals surface area contributed by atoms with Crippen molar-refractivity contribution in [2.24, 2.45) is 0 Å². The lowest BCUT2D eigenvalue weighted by Crippen LogP contribution is -1.91. The maximum absolute atomic E-state index is 9.77. The molecule has 2 N–H and O–H groups in total. The molecule has 0 aromatic rings. The van der Waals surface area contributed by atoms with Gasteiger partial charge in [0.05, 0.1) is 0 Å². The van der Waals surface area contributed by atoms with Crippen molar-refractivity contribution in [1.29, 1.82) is 0 Å². The predicted octanol–water partition coefficient (Wildman–Crippen LogP) is 0.163. The third kappa shape index (κ3) is 5.51. The SMILES string of the molecule is O=S(O)OP(O)(=S)OP. The Morgan fingerprint density at radius 2 is 2.22 bits per heavy atom. The standard InChI is InChI=1S/H4O5P2S2/c1-7(8,4-6)5-9(2)3/h6H2,(H,1,8)(H,2,3). The van der Waals surface area contributed by atoms with Crippen molar-refractivity contribution in [2.45, 2.75) is 0 Å². The van der Waals surface area contributed by atoms with Crippen molar-refractivity contribution in [3.63, 3.8) is 0 Å². The summed E-state index contributed by atoms with van der Waals surface area (Å²) in [5.41, 5.74) is 0. The molecular weight excluding hydrogens is 206 g/mol. The summed E-state index contributed by atoms with van der Waals surface area (Å²) in [5.74, 6) is 0. The van der Waals surface area contributed by atoms with Crippen LogP contribution in [0.25, 0.3) is 0 Å². The van der Waals surface area contributed by atoms with Crippen LogP contribution in [-0.2, 0) is 31.4 Å². The fraction of sp³-hybridized carbons (Fsp3) is 0. The minimum absolute atomic E-state index is 1.64. The molecule has 0 aliphatic rings. The first-order valence-electron chi connectivity index (χ1n) is 1.50. The van der Waals surface area contributed by atoms with Crippen LogP contribution in [0.1, 0.15) is 0 Å². The average Bonchev–Trinajstić information content (AvgIpc) is 1.63. The first-order valence-corrected chi connectivity index (χ1v) is 5.59. The van der Waals surface area contributed by atoms with Crippen LogP contribution in [0.2, 0.25) is 0 Å². The summed E-state index contributed by atoms with van der Waals surface area (Å²) in [4.78, 5) is 8.60. The zero-order valence-corrected chi connectivity index (χ0v) is 7.64. The molecule has 0 heterocycles. The van der Waals surface area contributed by atoms with Gasteiger partial charge in [-0.3, -0.25) is 8.86 Å². The molecule has 9 heavy (non-hydrogen) atoms. The van der Waals surface area contributed by atoms with E-state index in [1.165, 1.54) is 0 Å². The van der Waals surface area contributed by atoms with E-state index >= 15 is 0 Å². The summed E-state index contributed by atoms with van der Waals surface area (Å²) in [6.07, 6.45) is 0. The van der Waals surface area contributed by atoms with Crippen molar-refractivity contribution < 1.29 is 21.9 Å². The lowest BCUT2D eigenvalue weighted by atomic mass is 15.7. The second-order valence-electron chi connectivity index (χ2n) is 0.866. The molecule has 0 rings (SSSR count). The van der Waals surface area contributed by atoms with E-state index in [4.69, 9.17) is 9.45 Å². The van der Waals surface area contributed by atoms with Crippen LogP contribution >= 0.6 is 16.2 Å². The zero-order chi connectivity index (χ0) is 7.49.